The summed E-state index contributed by atoms with van der Waals surface area (Å²) in [5, 5.41) is 0. The zero-order valence-corrected chi connectivity index (χ0v) is 18.9. The molecule has 4 heteroatoms. The average Bonchev–Trinajstić information content (AvgIpc) is 2.68. The Hall–Kier alpha value is -2.46. The second-order valence-corrected chi connectivity index (χ2v) is 8.94. The molecule has 0 heterocycles. The number of ether oxygens (including phenoxy) is 1. The lowest BCUT2D eigenvalue weighted by Gasteiger charge is -2.35. The van der Waals surface area contributed by atoms with Crippen LogP contribution in [-0.2, 0) is 27.4 Å². The molecule has 2 atom stereocenters. The minimum Gasteiger partial charge on any atom is -0.460 e. The summed E-state index contributed by atoms with van der Waals surface area (Å²) in [6.07, 6.45) is 0.650. The third-order valence-electron chi connectivity index (χ3n) is 5.10. The summed E-state index contributed by atoms with van der Waals surface area (Å²) in [6, 6.07) is 20.0. The molecule has 30 heavy (non-hydrogen) atoms. The highest BCUT2D eigenvalue weighted by Crippen LogP contribution is 2.23. The summed E-state index contributed by atoms with van der Waals surface area (Å²) >= 11 is 0. The Morgan fingerprint density at radius 2 is 1.37 bits per heavy atom. The third kappa shape index (κ3) is 7.75. The quantitative estimate of drug-likeness (QED) is 0.389. The number of nitrogens with zero attached hydrogens (tertiary/aromatic N) is 1. The maximum absolute atomic E-state index is 13.3. The van der Waals surface area contributed by atoms with E-state index in [9.17, 15) is 9.59 Å². The molecule has 0 unspecified atom stereocenters. The SMILES string of the molecule is CC[C@H](C)[C@H](C(=O)CC(=O)OC(C)(C)C)N(Cc1ccccc1)Cc1ccccc1. The van der Waals surface area contributed by atoms with Crippen molar-refractivity contribution in [1.82, 2.24) is 4.90 Å². The fourth-order valence-corrected chi connectivity index (χ4v) is 3.62. The third-order valence-corrected chi connectivity index (χ3v) is 5.10. The van der Waals surface area contributed by atoms with Crippen LogP contribution in [0.4, 0.5) is 0 Å². The summed E-state index contributed by atoms with van der Waals surface area (Å²) in [4.78, 5) is 27.9. The van der Waals surface area contributed by atoms with Gasteiger partial charge in [0.1, 0.15) is 12.0 Å². The number of esters is 1. The number of carbonyl (C=O) groups is 2. The van der Waals surface area contributed by atoms with E-state index in [1.807, 2.05) is 57.2 Å². The van der Waals surface area contributed by atoms with Crippen molar-refractivity contribution in [3.63, 3.8) is 0 Å². The van der Waals surface area contributed by atoms with E-state index in [1.165, 1.54) is 0 Å². The summed E-state index contributed by atoms with van der Waals surface area (Å²) < 4.78 is 5.41. The number of rotatable bonds is 10. The van der Waals surface area contributed by atoms with Crippen molar-refractivity contribution >= 4 is 11.8 Å². The largest absolute Gasteiger partial charge is 0.460 e. The summed E-state index contributed by atoms with van der Waals surface area (Å²) in [5.41, 5.74) is 1.69. The number of ketones is 1. The normalized spacial score (nSPS) is 13.7. The van der Waals surface area contributed by atoms with Crippen molar-refractivity contribution in [2.75, 3.05) is 0 Å². The molecule has 0 N–H and O–H groups in total. The van der Waals surface area contributed by atoms with E-state index in [4.69, 9.17) is 4.74 Å². The van der Waals surface area contributed by atoms with E-state index in [0.717, 1.165) is 17.5 Å². The van der Waals surface area contributed by atoms with Gasteiger partial charge in [-0.3, -0.25) is 14.5 Å². The molecule has 4 nitrogen and oxygen atoms in total. The molecular formula is C26H35NO3. The van der Waals surface area contributed by atoms with Crippen LogP contribution in [0.3, 0.4) is 0 Å². The number of carbonyl (C=O) groups excluding carboxylic acids is 2. The Morgan fingerprint density at radius 3 is 1.77 bits per heavy atom. The van der Waals surface area contributed by atoms with Gasteiger partial charge in [-0.2, -0.15) is 0 Å². The highest BCUT2D eigenvalue weighted by molar-refractivity contribution is 5.98. The van der Waals surface area contributed by atoms with Crippen LogP contribution in [0.25, 0.3) is 0 Å². The number of hydrogen-bond donors (Lipinski definition) is 0. The van der Waals surface area contributed by atoms with E-state index in [0.29, 0.717) is 13.1 Å². The molecular weight excluding hydrogens is 374 g/mol. The highest BCUT2D eigenvalue weighted by atomic mass is 16.6. The Balaban J connectivity index is 2.29. The first-order chi connectivity index (χ1) is 14.2. The zero-order valence-electron chi connectivity index (χ0n) is 18.9. The van der Waals surface area contributed by atoms with Crippen molar-refractivity contribution in [3.8, 4) is 0 Å². The van der Waals surface area contributed by atoms with Gasteiger partial charge in [0.2, 0.25) is 0 Å². The van der Waals surface area contributed by atoms with Gasteiger partial charge in [-0.15, -0.1) is 0 Å². The minimum atomic E-state index is -0.600. The van der Waals surface area contributed by atoms with E-state index in [2.05, 4.69) is 43.0 Å². The van der Waals surface area contributed by atoms with Crippen LogP contribution in [0, 0.1) is 5.92 Å². The van der Waals surface area contributed by atoms with Gasteiger partial charge < -0.3 is 4.74 Å². The molecule has 162 valence electrons. The molecule has 0 aliphatic heterocycles. The molecule has 0 spiro atoms. The van der Waals surface area contributed by atoms with Crippen LogP contribution in [0.15, 0.2) is 60.7 Å². The number of hydrogen-bond acceptors (Lipinski definition) is 4. The van der Waals surface area contributed by atoms with Gasteiger partial charge in [0.25, 0.3) is 0 Å². The predicted molar refractivity (Wildman–Crippen MR) is 121 cm³/mol. The number of Topliss-reactive ketones (excluding diaryl/α,β-unsaturated/α-hetero) is 1. The summed E-state index contributed by atoms with van der Waals surface area (Å²) in [5.74, 6) is -0.419. The second-order valence-electron chi connectivity index (χ2n) is 8.94. The molecule has 0 saturated heterocycles. The van der Waals surface area contributed by atoms with E-state index in [-0.39, 0.29) is 24.2 Å². The van der Waals surface area contributed by atoms with E-state index < -0.39 is 11.6 Å². The molecule has 2 aromatic carbocycles. The van der Waals surface area contributed by atoms with Gasteiger partial charge in [-0.05, 0) is 37.8 Å². The van der Waals surface area contributed by atoms with Crippen molar-refractivity contribution < 1.29 is 14.3 Å². The Labute approximate surface area is 181 Å². The molecule has 0 bridgehead atoms. The molecule has 2 rings (SSSR count). The molecule has 0 radical (unpaired) electrons. The van der Waals surface area contributed by atoms with Crippen LogP contribution in [0.5, 0.6) is 0 Å². The Morgan fingerprint density at radius 1 is 0.900 bits per heavy atom. The average molecular weight is 410 g/mol. The van der Waals surface area contributed by atoms with Crippen molar-refractivity contribution in [2.24, 2.45) is 5.92 Å². The summed E-state index contributed by atoms with van der Waals surface area (Å²) in [7, 11) is 0. The molecule has 0 aliphatic rings. The fourth-order valence-electron chi connectivity index (χ4n) is 3.62. The second kappa shape index (κ2) is 11.1. The zero-order chi connectivity index (χ0) is 22.1. The lowest BCUT2D eigenvalue weighted by Crippen LogP contribution is -2.45. The molecule has 0 aromatic heterocycles. The van der Waals surface area contributed by atoms with Gasteiger partial charge in [0.05, 0.1) is 6.04 Å². The lowest BCUT2D eigenvalue weighted by atomic mass is 9.91. The van der Waals surface area contributed by atoms with Crippen molar-refractivity contribution in [3.05, 3.63) is 71.8 Å². The van der Waals surface area contributed by atoms with Crippen LogP contribution < -0.4 is 0 Å². The van der Waals surface area contributed by atoms with Crippen LogP contribution in [0.1, 0.15) is 58.6 Å². The minimum absolute atomic E-state index is 0.0783. The Bertz CT molecular complexity index is 755. The van der Waals surface area contributed by atoms with Gasteiger partial charge in [0.15, 0.2) is 5.78 Å². The standard InChI is InChI=1S/C26H35NO3/c1-6-20(2)25(23(28)17-24(29)30-26(3,4)5)27(18-21-13-9-7-10-14-21)19-22-15-11-8-12-16-22/h7-16,20,25H,6,17-19H2,1-5H3/t20-,25+/m0/s1. The van der Waals surface area contributed by atoms with Crippen molar-refractivity contribution in [2.45, 2.75) is 72.2 Å². The molecule has 0 amide bonds. The topological polar surface area (TPSA) is 46.6 Å². The molecule has 0 saturated carbocycles. The first-order valence-electron chi connectivity index (χ1n) is 10.8. The monoisotopic (exact) mass is 409 g/mol. The number of benzene rings is 2. The maximum Gasteiger partial charge on any atom is 0.313 e. The smallest absolute Gasteiger partial charge is 0.313 e. The maximum atomic E-state index is 13.3. The lowest BCUT2D eigenvalue weighted by molar-refractivity contribution is -0.157. The molecule has 2 aromatic rings. The predicted octanol–water partition coefficient (Wildman–Crippen LogP) is 5.40. The van der Waals surface area contributed by atoms with E-state index >= 15 is 0 Å². The fraction of sp³-hybridized carbons (Fsp3) is 0.462. The van der Waals surface area contributed by atoms with Gasteiger partial charge in [-0.25, -0.2) is 0 Å². The highest BCUT2D eigenvalue weighted by Gasteiger charge is 2.32. The van der Waals surface area contributed by atoms with Crippen LogP contribution in [0.2, 0.25) is 0 Å². The van der Waals surface area contributed by atoms with E-state index in [1.54, 1.807) is 0 Å². The first-order valence-corrected chi connectivity index (χ1v) is 10.8. The summed E-state index contributed by atoms with van der Waals surface area (Å²) in [6.45, 7) is 10.9. The van der Waals surface area contributed by atoms with Gasteiger partial charge in [0, 0.05) is 13.1 Å². The van der Waals surface area contributed by atoms with Gasteiger partial charge >= 0.3 is 5.97 Å². The molecule has 0 fully saturated rings. The van der Waals surface area contributed by atoms with Crippen molar-refractivity contribution in [1.29, 1.82) is 0 Å². The van der Waals surface area contributed by atoms with Crippen LogP contribution >= 0.6 is 0 Å². The first kappa shape index (κ1) is 23.8. The Kier molecular flexibility index (Phi) is 8.79. The molecule has 0 aliphatic carbocycles. The van der Waals surface area contributed by atoms with Crippen LogP contribution in [-0.4, -0.2) is 28.3 Å². The van der Waals surface area contributed by atoms with Gasteiger partial charge in [-0.1, -0.05) is 80.9 Å².